The lowest BCUT2D eigenvalue weighted by Gasteiger charge is -2.36. The summed E-state index contributed by atoms with van der Waals surface area (Å²) in [5, 5.41) is 13.8. The Morgan fingerprint density at radius 3 is 2.53 bits per heavy atom. The van der Waals surface area contributed by atoms with E-state index < -0.39 is 5.60 Å². The monoisotopic (exact) mass is 213 g/mol. The molecule has 0 bridgehead atoms. The van der Waals surface area contributed by atoms with Crippen molar-refractivity contribution in [2.24, 2.45) is 5.92 Å². The van der Waals surface area contributed by atoms with Crippen LogP contribution in [0.5, 0.6) is 0 Å². The Bertz CT molecular complexity index is 173. The maximum atomic E-state index is 10.3. The van der Waals surface area contributed by atoms with E-state index in [4.69, 9.17) is 0 Å². The Morgan fingerprint density at radius 2 is 2.00 bits per heavy atom. The molecule has 0 aromatic rings. The van der Waals surface area contributed by atoms with Crippen LogP contribution < -0.4 is 5.32 Å². The molecule has 2 N–H and O–H groups in total. The maximum Gasteiger partial charge on any atom is 0.0771 e. The second-order valence-electron chi connectivity index (χ2n) is 5.48. The van der Waals surface area contributed by atoms with Gasteiger partial charge in [-0.1, -0.05) is 20.3 Å². The average molecular weight is 213 g/mol. The number of nitrogens with one attached hydrogen (secondary N) is 1. The molecule has 0 heterocycles. The summed E-state index contributed by atoms with van der Waals surface area (Å²) in [4.78, 5) is 0. The minimum Gasteiger partial charge on any atom is -0.389 e. The van der Waals surface area contributed by atoms with Crippen LogP contribution in [0.1, 0.15) is 59.3 Å². The molecule has 0 aromatic heterocycles. The van der Waals surface area contributed by atoms with E-state index in [9.17, 15) is 5.11 Å². The molecule has 1 aliphatic carbocycles. The van der Waals surface area contributed by atoms with Crippen LogP contribution in [-0.2, 0) is 0 Å². The third kappa shape index (κ3) is 4.52. The quantitative estimate of drug-likeness (QED) is 0.736. The van der Waals surface area contributed by atoms with Gasteiger partial charge in [-0.2, -0.15) is 0 Å². The lowest BCUT2D eigenvalue weighted by Crippen LogP contribution is -2.45. The smallest absolute Gasteiger partial charge is 0.0771 e. The van der Waals surface area contributed by atoms with Crippen molar-refractivity contribution in [3.8, 4) is 0 Å². The lowest BCUT2D eigenvalue weighted by atomic mass is 9.79. The number of aliphatic hydroxyl groups is 1. The van der Waals surface area contributed by atoms with Crippen LogP contribution in [0.3, 0.4) is 0 Å². The summed E-state index contributed by atoms with van der Waals surface area (Å²) in [5.74, 6) is 0.804. The molecule has 1 aliphatic rings. The molecule has 0 amide bonds. The molecule has 90 valence electrons. The van der Waals surface area contributed by atoms with Gasteiger partial charge in [0.25, 0.3) is 0 Å². The van der Waals surface area contributed by atoms with E-state index >= 15 is 0 Å². The molecule has 0 spiro atoms. The van der Waals surface area contributed by atoms with Gasteiger partial charge < -0.3 is 10.4 Å². The van der Waals surface area contributed by atoms with Crippen molar-refractivity contribution < 1.29 is 5.11 Å². The van der Waals surface area contributed by atoms with Crippen molar-refractivity contribution in [1.82, 2.24) is 5.32 Å². The third-order valence-electron chi connectivity index (χ3n) is 3.71. The largest absolute Gasteiger partial charge is 0.389 e. The minimum absolute atomic E-state index is 0.422. The van der Waals surface area contributed by atoms with Gasteiger partial charge in [0, 0.05) is 12.6 Å². The molecule has 1 atom stereocenters. The molecule has 1 rings (SSSR count). The number of hydrogen-bond donors (Lipinski definition) is 2. The van der Waals surface area contributed by atoms with E-state index in [0.717, 1.165) is 25.3 Å². The van der Waals surface area contributed by atoms with Crippen molar-refractivity contribution in [2.75, 3.05) is 6.54 Å². The highest BCUT2D eigenvalue weighted by molar-refractivity contribution is 4.87. The molecule has 1 fully saturated rings. The van der Waals surface area contributed by atoms with E-state index in [0.29, 0.717) is 6.04 Å². The first kappa shape index (κ1) is 13.0. The molecule has 1 saturated carbocycles. The van der Waals surface area contributed by atoms with Crippen molar-refractivity contribution in [2.45, 2.75) is 70.9 Å². The van der Waals surface area contributed by atoms with Crippen LogP contribution in [0.25, 0.3) is 0 Å². The van der Waals surface area contributed by atoms with E-state index in [1.54, 1.807) is 0 Å². The fourth-order valence-corrected chi connectivity index (χ4v) is 2.38. The van der Waals surface area contributed by atoms with Crippen LogP contribution in [0.2, 0.25) is 0 Å². The summed E-state index contributed by atoms with van der Waals surface area (Å²) in [6.45, 7) is 7.47. The number of hydrogen-bond acceptors (Lipinski definition) is 2. The van der Waals surface area contributed by atoms with E-state index in [1.165, 1.54) is 25.7 Å². The molecule has 0 radical (unpaired) electrons. The average Bonchev–Trinajstić information content (AvgIpc) is 2.21. The zero-order valence-corrected chi connectivity index (χ0v) is 10.6. The van der Waals surface area contributed by atoms with Gasteiger partial charge in [-0.25, -0.2) is 0 Å². The van der Waals surface area contributed by atoms with Crippen molar-refractivity contribution in [3.63, 3.8) is 0 Å². The number of rotatable bonds is 5. The van der Waals surface area contributed by atoms with Gasteiger partial charge in [-0.15, -0.1) is 0 Å². The minimum atomic E-state index is -0.422. The Hall–Kier alpha value is -0.0800. The fourth-order valence-electron chi connectivity index (χ4n) is 2.38. The molecule has 15 heavy (non-hydrogen) atoms. The third-order valence-corrected chi connectivity index (χ3v) is 3.71. The maximum absolute atomic E-state index is 10.3. The highest BCUT2D eigenvalue weighted by Crippen LogP contribution is 2.31. The lowest BCUT2D eigenvalue weighted by molar-refractivity contribution is -0.00796. The Labute approximate surface area is 94.5 Å². The summed E-state index contributed by atoms with van der Waals surface area (Å²) in [7, 11) is 0. The first-order valence-electron chi connectivity index (χ1n) is 6.51. The molecular formula is C13H27NO. The summed E-state index contributed by atoms with van der Waals surface area (Å²) >= 11 is 0. The SMILES string of the molecule is CCCC(C)NCC1(O)CCC(C)CC1. The van der Waals surface area contributed by atoms with E-state index in [2.05, 4.69) is 26.1 Å². The zero-order valence-electron chi connectivity index (χ0n) is 10.6. The molecule has 2 nitrogen and oxygen atoms in total. The van der Waals surface area contributed by atoms with Crippen LogP contribution in [0.15, 0.2) is 0 Å². The molecule has 1 unspecified atom stereocenters. The Balaban J connectivity index is 2.24. The standard InChI is InChI=1S/C13H27NO/c1-4-5-12(3)14-10-13(15)8-6-11(2)7-9-13/h11-12,14-15H,4-10H2,1-3H3. The highest BCUT2D eigenvalue weighted by Gasteiger charge is 2.31. The van der Waals surface area contributed by atoms with Gasteiger partial charge in [0.2, 0.25) is 0 Å². The Morgan fingerprint density at radius 1 is 1.40 bits per heavy atom. The summed E-state index contributed by atoms with van der Waals surface area (Å²) in [6.07, 6.45) is 6.72. The fraction of sp³-hybridized carbons (Fsp3) is 1.00. The molecule has 0 aliphatic heterocycles. The molecule has 0 aromatic carbocycles. The highest BCUT2D eigenvalue weighted by atomic mass is 16.3. The van der Waals surface area contributed by atoms with Gasteiger partial charge >= 0.3 is 0 Å². The summed E-state index contributed by atoms with van der Waals surface area (Å²) in [5.41, 5.74) is -0.422. The second kappa shape index (κ2) is 5.86. The predicted molar refractivity (Wildman–Crippen MR) is 65.0 cm³/mol. The second-order valence-corrected chi connectivity index (χ2v) is 5.48. The van der Waals surface area contributed by atoms with Crippen molar-refractivity contribution in [1.29, 1.82) is 0 Å². The van der Waals surface area contributed by atoms with Crippen molar-refractivity contribution >= 4 is 0 Å². The van der Waals surface area contributed by atoms with E-state index in [-0.39, 0.29) is 0 Å². The van der Waals surface area contributed by atoms with Gasteiger partial charge in [-0.3, -0.25) is 0 Å². The van der Waals surface area contributed by atoms with Crippen LogP contribution in [0.4, 0.5) is 0 Å². The van der Waals surface area contributed by atoms with Gasteiger partial charge in [0.05, 0.1) is 5.60 Å². The first-order valence-corrected chi connectivity index (χ1v) is 6.51. The van der Waals surface area contributed by atoms with Crippen LogP contribution >= 0.6 is 0 Å². The van der Waals surface area contributed by atoms with E-state index in [1.807, 2.05) is 0 Å². The first-order chi connectivity index (χ1) is 7.06. The zero-order chi connectivity index (χ0) is 11.3. The molecule has 0 saturated heterocycles. The Kier molecular flexibility index (Phi) is 5.07. The normalized spacial score (nSPS) is 34.0. The van der Waals surface area contributed by atoms with Crippen molar-refractivity contribution in [3.05, 3.63) is 0 Å². The summed E-state index contributed by atoms with van der Waals surface area (Å²) < 4.78 is 0. The van der Waals surface area contributed by atoms with Gasteiger partial charge in [-0.05, 0) is 44.9 Å². The van der Waals surface area contributed by atoms with Gasteiger partial charge in [0.15, 0.2) is 0 Å². The van der Waals surface area contributed by atoms with Crippen LogP contribution in [-0.4, -0.2) is 23.3 Å². The predicted octanol–water partition coefficient (Wildman–Crippen LogP) is 2.71. The molecule has 2 heteroatoms. The summed E-state index contributed by atoms with van der Waals surface area (Å²) in [6, 6.07) is 0.540. The topological polar surface area (TPSA) is 32.3 Å². The van der Waals surface area contributed by atoms with Crippen LogP contribution in [0, 0.1) is 5.92 Å². The molecular weight excluding hydrogens is 186 g/mol. The van der Waals surface area contributed by atoms with Gasteiger partial charge in [0.1, 0.15) is 0 Å².